The molecule has 22 heavy (non-hydrogen) atoms. The molecule has 2 aromatic rings. The van der Waals surface area contributed by atoms with Crippen molar-refractivity contribution in [1.29, 1.82) is 0 Å². The quantitative estimate of drug-likeness (QED) is 0.628. The number of ether oxygens (including phenoxy) is 2. The van der Waals surface area contributed by atoms with E-state index in [0.29, 0.717) is 24.7 Å². The number of hydrogen-bond donors (Lipinski definition) is 1. The van der Waals surface area contributed by atoms with Gasteiger partial charge in [-0.1, -0.05) is 0 Å². The van der Waals surface area contributed by atoms with E-state index >= 15 is 0 Å². The van der Waals surface area contributed by atoms with Gasteiger partial charge in [0, 0.05) is 23.9 Å². The molecule has 1 aromatic heterocycles. The summed E-state index contributed by atoms with van der Waals surface area (Å²) in [5.74, 6) is 0.0511. The molecule has 5 nitrogen and oxygen atoms in total. The number of methoxy groups -OCH3 is 1. The lowest BCUT2D eigenvalue weighted by atomic mass is 10.2. The molecule has 0 saturated carbocycles. The highest BCUT2D eigenvalue weighted by atomic mass is 32.2. The number of rotatable bonds is 7. The number of thioether (sulfide) groups is 1. The summed E-state index contributed by atoms with van der Waals surface area (Å²) in [4.78, 5) is 17.6. The molecule has 0 spiro atoms. The van der Waals surface area contributed by atoms with Gasteiger partial charge in [0.15, 0.2) is 0 Å². The number of nitrogens with one attached hydrogen (secondary N) is 1. The third-order valence-corrected chi connectivity index (χ3v) is 3.63. The van der Waals surface area contributed by atoms with Crippen LogP contribution in [0, 0.1) is 0 Å². The largest absolute Gasteiger partial charge is 0.475 e. The fraction of sp³-hybridized carbons (Fsp3) is 0.250. The molecule has 1 heterocycles. The van der Waals surface area contributed by atoms with Gasteiger partial charge in [-0.25, -0.2) is 4.98 Å². The Morgan fingerprint density at radius 2 is 2.00 bits per heavy atom. The van der Waals surface area contributed by atoms with E-state index < -0.39 is 0 Å². The first-order valence-corrected chi connectivity index (χ1v) is 7.99. The van der Waals surface area contributed by atoms with Gasteiger partial charge < -0.3 is 14.8 Å². The molecule has 0 atom stereocenters. The van der Waals surface area contributed by atoms with Crippen LogP contribution in [0.1, 0.15) is 10.4 Å². The fourth-order valence-electron chi connectivity index (χ4n) is 1.77. The Bertz CT molecular complexity index is 617. The van der Waals surface area contributed by atoms with Crippen LogP contribution in [0.3, 0.4) is 0 Å². The van der Waals surface area contributed by atoms with Gasteiger partial charge in [-0.05, 0) is 42.7 Å². The van der Waals surface area contributed by atoms with Gasteiger partial charge in [-0.2, -0.15) is 0 Å². The minimum atomic E-state index is -0.252. The van der Waals surface area contributed by atoms with Crippen LogP contribution in [0.15, 0.2) is 47.5 Å². The van der Waals surface area contributed by atoms with Gasteiger partial charge in [-0.15, -0.1) is 11.8 Å². The molecule has 0 aliphatic heterocycles. The molecular weight excluding hydrogens is 300 g/mol. The van der Waals surface area contributed by atoms with Crippen LogP contribution in [0.4, 0.5) is 5.69 Å². The molecule has 0 aliphatic carbocycles. The zero-order valence-electron chi connectivity index (χ0n) is 12.5. The van der Waals surface area contributed by atoms with Gasteiger partial charge in [0.2, 0.25) is 5.88 Å². The van der Waals surface area contributed by atoms with E-state index in [-0.39, 0.29) is 5.91 Å². The van der Waals surface area contributed by atoms with Crippen LogP contribution >= 0.6 is 11.8 Å². The maximum absolute atomic E-state index is 12.4. The highest BCUT2D eigenvalue weighted by Crippen LogP contribution is 2.20. The zero-order valence-corrected chi connectivity index (χ0v) is 13.4. The first-order valence-electron chi connectivity index (χ1n) is 6.76. The molecule has 0 saturated heterocycles. The van der Waals surface area contributed by atoms with E-state index in [9.17, 15) is 4.79 Å². The molecule has 0 radical (unpaired) electrons. The van der Waals surface area contributed by atoms with Crippen molar-refractivity contribution >= 4 is 23.4 Å². The van der Waals surface area contributed by atoms with E-state index in [1.54, 1.807) is 37.2 Å². The maximum atomic E-state index is 12.4. The molecule has 1 aromatic carbocycles. The van der Waals surface area contributed by atoms with Crippen molar-refractivity contribution in [2.45, 2.75) is 4.90 Å². The summed E-state index contributed by atoms with van der Waals surface area (Å²) < 4.78 is 10.4. The second kappa shape index (κ2) is 8.41. The first kappa shape index (κ1) is 16.3. The van der Waals surface area contributed by atoms with Crippen molar-refractivity contribution in [3.05, 3.63) is 48.2 Å². The Balaban J connectivity index is 2.07. The Morgan fingerprint density at radius 1 is 1.23 bits per heavy atom. The molecule has 1 amide bonds. The van der Waals surface area contributed by atoms with Crippen LogP contribution in [0.2, 0.25) is 0 Å². The summed E-state index contributed by atoms with van der Waals surface area (Å²) in [6, 6.07) is 11.0. The second-order valence-corrected chi connectivity index (χ2v) is 5.26. The molecule has 0 aliphatic rings. The highest BCUT2D eigenvalue weighted by Gasteiger charge is 2.13. The summed E-state index contributed by atoms with van der Waals surface area (Å²) >= 11 is 1.65. The van der Waals surface area contributed by atoms with Gasteiger partial charge >= 0.3 is 0 Å². The SMILES string of the molecule is COCCOc1ncccc1C(=O)Nc1ccc(SC)cc1. The predicted molar refractivity (Wildman–Crippen MR) is 87.8 cm³/mol. The number of nitrogens with zero attached hydrogens (tertiary/aromatic N) is 1. The zero-order chi connectivity index (χ0) is 15.8. The number of benzene rings is 1. The number of carbonyl (C=O) groups is 1. The fourth-order valence-corrected chi connectivity index (χ4v) is 2.18. The van der Waals surface area contributed by atoms with E-state index in [1.807, 2.05) is 30.5 Å². The summed E-state index contributed by atoms with van der Waals surface area (Å²) in [6.45, 7) is 0.782. The van der Waals surface area contributed by atoms with Crippen LogP contribution in [0.5, 0.6) is 5.88 Å². The number of amides is 1. The number of carbonyl (C=O) groups excluding carboxylic acids is 1. The predicted octanol–water partition coefficient (Wildman–Crippen LogP) is 3.08. The Labute approximate surface area is 134 Å². The lowest BCUT2D eigenvalue weighted by molar-refractivity contribution is 0.101. The molecule has 1 N–H and O–H groups in total. The van der Waals surface area contributed by atoms with Gasteiger partial charge in [-0.3, -0.25) is 4.79 Å². The number of anilines is 1. The third kappa shape index (κ3) is 4.47. The number of hydrogen-bond acceptors (Lipinski definition) is 5. The second-order valence-electron chi connectivity index (χ2n) is 4.38. The van der Waals surface area contributed by atoms with Gasteiger partial charge in [0.1, 0.15) is 12.2 Å². The topological polar surface area (TPSA) is 60.5 Å². The average molecular weight is 318 g/mol. The molecule has 2 rings (SSSR count). The average Bonchev–Trinajstić information content (AvgIpc) is 2.56. The smallest absolute Gasteiger partial charge is 0.261 e. The van der Waals surface area contributed by atoms with Crippen molar-refractivity contribution in [2.75, 3.05) is 31.9 Å². The van der Waals surface area contributed by atoms with Crippen molar-refractivity contribution in [3.63, 3.8) is 0 Å². The van der Waals surface area contributed by atoms with Crippen molar-refractivity contribution in [1.82, 2.24) is 4.98 Å². The highest BCUT2D eigenvalue weighted by molar-refractivity contribution is 7.98. The van der Waals surface area contributed by atoms with Crippen molar-refractivity contribution < 1.29 is 14.3 Å². The van der Waals surface area contributed by atoms with Gasteiger partial charge in [0.05, 0.1) is 6.61 Å². The van der Waals surface area contributed by atoms with Crippen molar-refractivity contribution in [2.24, 2.45) is 0 Å². The normalized spacial score (nSPS) is 10.3. The van der Waals surface area contributed by atoms with E-state index in [4.69, 9.17) is 9.47 Å². The van der Waals surface area contributed by atoms with Gasteiger partial charge in [0.25, 0.3) is 5.91 Å². The Morgan fingerprint density at radius 3 is 2.68 bits per heavy atom. The van der Waals surface area contributed by atoms with E-state index in [2.05, 4.69) is 10.3 Å². The minimum Gasteiger partial charge on any atom is -0.475 e. The lowest BCUT2D eigenvalue weighted by Crippen LogP contribution is -2.15. The molecule has 116 valence electrons. The maximum Gasteiger partial charge on any atom is 0.261 e. The Kier molecular flexibility index (Phi) is 6.24. The minimum absolute atomic E-state index is 0.252. The third-order valence-electron chi connectivity index (χ3n) is 2.89. The summed E-state index contributed by atoms with van der Waals surface area (Å²) in [6.07, 6.45) is 3.60. The molecular formula is C16H18N2O3S. The monoisotopic (exact) mass is 318 g/mol. The standard InChI is InChI=1S/C16H18N2O3S/c1-20-10-11-21-16-14(4-3-9-17-16)15(19)18-12-5-7-13(22-2)8-6-12/h3-9H,10-11H2,1-2H3,(H,18,19). The summed E-state index contributed by atoms with van der Waals surface area (Å²) in [7, 11) is 1.59. The van der Waals surface area contributed by atoms with Crippen LogP contribution in [-0.4, -0.2) is 37.5 Å². The lowest BCUT2D eigenvalue weighted by Gasteiger charge is -2.10. The van der Waals surface area contributed by atoms with E-state index in [1.165, 1.54) is 0 Å². The summed E-state index contributed by atoms with van der Waals surface area (Å²) in [5, 5.41) is 2.84. The van der Waals surface area contributed by atoms with Crippen LogP contribution < -0.4 is 10.1 Å². The Hall–Kier alpha value is -2.05. The molecule has 0 fully saturated rings. The molecule has 6 heteroatoms. The van der Waals surface area contributed by atoms with Crippen LogP contribution in [-0.2, 0) is 4.74 Å². The number of pyridine rings is 1. The van der Waals surface area contributed by atoms with Crippen molar-refractivity contribution in [3.8, 4) is 5.88 Å². The number of aromatic nitrogens is 1. The first-order chi connectivity index (χ1) is 10.7. The van der Waals surface area contributed by atoms with Crippen LogP contribution in [0.25, 0.3) is 0 Å². The molecule has 0 unspecified atom stereocenters. The van der Waals surface area contributed by atoms with E-state index in [0.717, 1.165) is 10.6 Å². The summed E-state index contributed by atoms with van der Waals surface area (Å²) in [5.41, 5.74) is 1.13. The molecule has 0 bridgehead atoms.